The molecule has 3 heterocycles. The molecular weight excluding hydrogens is 666 g/mol. The van der Waals surface area contributed by atoms with Gasteiger partial charge in [0.1, 0.15) is 23.7 Å². The Labute approximate surface area is 295 Å². The van der Waals surface area contributed by atoms with Crippen molar-refractivity contribution in [2.24, 2.45) is 17.3 Å². The number of fused-ring (bicyclic) bond motifs is 1. The summed E-state index contributed by atoms with van der Waals surface area (Å²) in [6.07, 6.45) is 0.786. The van der Waals surface area contributed by atoms with Crippen LogP contribution in [0.2, 0.25) is 0 Å². The maximum Gasteiger partial charge on any atom is 0.422 e. The number of carbonyl (C=O) groups is 3. The van der Waals surface area contributed by atoms with E-state index in [2.05, 4.69) is 15.7 Å². The van der Waals surface area contributed by atoms with E-state index in [0.29, 0.717) is 13.0 Å². The molecule has 2 saturated heterocycles. The second-order valence-corrected chi connectivity index (χ2v) is 13.8. The van der Waals surface area contributed by atoms with Crippen molar-refractivity contribution in [1.82, 2.24) is 20.7 Å². The number of amides is 2. The second-order valence-electron chi connectivity index (χ2n) is 13.8. The number of hydrogen-bond donors (Lipinski definition) is 3. The van der Waals surface area contributed by atoms with E-state index in [-0.39, 0.29) is 37.6 Å². The highest BCUT2D eigenvalue weighted by molar-refractivity contribution is 5.98. The standard InChI is InChI=1S/C37H44F2N4O8/c1-37(2,3)32(34(46)48-4)33(45)41-29(16-22-7-9-23(10-8-22)24-6-5-14-40-18-24)30(44)20-43(19-25-17-26(38)11-12-28(25)39)42-36(47)51-31-21-50-35-27(31)13-15-49-35/h5-12,14,17-18,27,29-32,35,44H,13,15-16,19-21H2,1-4H3,(H,41,45)(H,42,47). The molecule has 6 atom stereocenters. The number of aliphatic hydroxyl groups excluding tert-OH is 1. The molecule has 3 N–H and O–H groups in total. The number of aliphatic hydroxyl groups is 1. The smallest absolute Gasteiger partial charge is 0.422 e. The third-order valence-electron chi connectivity index (χ3n) is 9.03. The summed E-state index contributed by atoms with van der Waals surface area (Å²) in [5.74, 6) is -4.20. The molecule has 0 aliphatic carbocycles. The monoisotopic (exact) mass is 710 g/mol. The molecule has 51 heavy (non-hydrogen) atoms. The number of hydrogen-bond acceptors (Lipinski definition) is 10. The quantitative estimate of drug-likeness (QED) is 0.134. The number of carbonyl (C=O) groups excluding carboxylic acids is 3. The van der Waals surface area contributed by atoms with Crippen molar-refractivity contribution in [1.29, 1.82) is 0 Å². The van der Waals surface area contributed by atoms with E-state index >= 15 is 0 Å². The van der Waals surface area contributed by atoms with Crippen molar-refractivity contribution in [2.45, 2.75) is 64.7 Å². The third-order valence-corrected chi connectivity index (χ3v) is 9.03. The summed E-state index contributed by atoms with van der Waals surface area (Å²) >= 11 is 0. The fraction of sp³-hybridized carbons (Fsp3) is 0.459. The first-order chi connectivity index (χ1) is 24.3. The summed E-state index contributed by atoms with van der Waals surface area (Å²) in [7, 11) is 1.19. The summed E-state index contributed by atoms with van der Waals surface area (Å²) in [6.45, 7) is 5.04. The molecule has 2 aromatic carbocycles. The summed E-state index contributed by atoms with van der Waals surface area (Å²) in [4.78, 5) is 43.8. The number of aromatic nitrogens is 1. The van der Waals surface area contributed by atoms with E-state index in [4.69, 9.17) is 18.9 Å². The van der Waals surface area contributed by atoms with Crippen molar-refractivity contribution >= 4 is 18.0 Å². The Hall–Kier alpha value is -4.50. The molecule has 2 fully saturated rings. The SMILES string of the molecule is COC(=O)C(C(=O)NC(Cc1ccc(-c2cccnc2)cc1)C(O)CN(Cc1cc(F)ccc1F)NC(=O)OC1COC2OCCC12)C(C)(C)C. The molecule has 14 heteroatoms. The molecule has 0 spiro atoms. The molecule has 12 nitrogen and oxygen atoms in total. The largest absolute Gasteiger partial charge is 0.468 e. The highest BCUT2D eigenvalue weighted by Crippen LogP contribution is 2.33. The number of pyridine rings is 1. The van der Waals surface area contributed by atoms with Gasteiger partial charge >= 0.3 is 12.1 Å². The van der Waals surface area contributed by atoms with E-state index in [1.807, 2.05) is 36.4 Å². The van der Waals surface area contributed by atoms with Crippen LogP contribution in [-0.4, -0.2) is 84.5 Å². The van der Waals surface area contributed by atoms with Crippen LogP contribution in [0.5, 0.6) is 0 Å². The number of halogens is 2. The van der Waals surface area contributed by atoms with Gasteiger partial charge in [0.05, 0.1) is 38.4 Å². The van der Waals surface area contributed by atoms with E-state index < -0.39 is 65.5 Å². The van der Waals surface area contributed by atoms with Gasteiger partial charge in [-0.3, -0.25) is 20.0 Å². The first kappa shape index (κ1) is 37.7. The van der Waals surface area contributed by atoms with Crippen molar-refractivity contribution in [3.63, 3.8) is 0 Å². The predicted molar refractivity (Wildman–Crippen MR) is 180 cm³/mol. The third kappa shape index (κ3) is 9.85. The zero-order chi connectivity index (χ0) is 36.7. The Balaban J connectivity index is 1.39. The fourth-order valence-corrected chi connectivity index (χ4v) is 6.36. The van der Waals surface area contributed by atoms with Crippen LogP contribution < -0.4 is 10.7 Å². The highest BCUT2D eigenvalue weighted by atomic mass is 19.1. The van der Waals surface area contributed by atoms with Gasteiger partial charge in [0.2, 0.25) is 5.91 Å². The van der Waals surface area contributed by atoms with Crippen molar-refractivity contribution < 1.29 is 47.2 Å². The number of nitrogens with zero attached hydrogens (tertiary/aromatic N) is 2. The molecule has 6 unspecified atom stereocenters. The van der Waals surface area contributed by atoms with Gasteiger partial charge in [0.15, 0.2) is 6.29 Å². The zero-order valence-corrected chi connectivity index (χ0v) is 29.0. The molecule has 274 valence electrons. The zero-order valence-electron chi connectivity index (χ0n) is 29.0. The van der Waals surface area contributed by atoms with Crippen LogP contribution in [0.15, 0.2) is 67.0 Å². The molecule has 2 aliphatic rings. The van der Waals surface area contributed by atoms with Gasteiger partial charge in [-0.05, 0) is 59.2 Å². The number of hydrazine groups is 1. The van der Waals surface area contributed by atoms with Crippen LogP contribution >= 0.6 is 0 Å². The van der Waals surface area contributed by atoms with Gasteiger partial charge in [-0.25, -0.2) is 18.6 Å². The lowest BCUT2D eigenvalue weighted by molar-refractivity contribution is -0.155. The Bertz CT molecular complexity index is 1660. The highest BCUT2D eigenvalue weighted by Gasteiger charge is 2.44. The normalized spacial score (nSPS) is 20.3. The van der Waals surface area contributed by atoms with Crippen molar-refractivity contribution in [3.8, 4) is 11.1 Å². The lowest BCUT2D eigenvalue weighted by atomic mass is 9.80. The predicted octanol–water partition coefficient (Wildman–Crippen LogP) is 4.16. The van der Waals surface area contributed by atoms with Crippen molar-refractivity contribution in [2.75, 3.05) is 26.9 Å². The number of benzene rings is 2. The Morgan fingerprint density at radius 1 is 1.08 bits per heavy atom. The molecule has 0 radical (unpaired) electrons. The average Bonchev–Trinajstić information content (AvgIpc) is 3.71. The van der Waals surface area contributed by atoms with Crippen LogP contribution in [-0.2, 0) is 41.5 Å². The maximum absolute atomic E-state index is 14.8. The maximum atomic E-state index is 14.8. The summed E-state index contributed by atoms with van der Waals surface area (Å²) in [5, 5.41) is 15.8. The molecular formula is C37H44F2N4O8. The fourth-order valence-electron chi connectivity index (χ4n) is 6.36. The van der Waals surface area contributed by atoms with Gasteiger partial charge in [-0.2, -0.15) is 0 Å². The number of rotatable bonds is 13. The lowest BCUT2D eigenvalue weighted by Gasteiger charge is -2.33. The number of ether oxygens (including phenoxy) is 4. The first-order valence-electron chi connectivity index (χ1n) is 16.8. The van der Waals surface area contributed by atoms with Crippen LogP contribution in [0, 0.1) is 28.9 Å². The topological polar surface area (TPSA) is 149 Å². The number of nitrogens with one attached hydrogen (secondary N) is 2. The first-order valence-corrected chi connectivity index (χ1v) is 16.8. The average molecular weight is 711 g/mol. The Morgan fingerprint density at radius 2 is 1.84 bits per heavy atom. The van der Waals surface area contributed by atoms with Gasteiger partial charge in [-0.15, -0.1) is 0 Å². The molecule has 0 bridgehead atoms. The van der Waals surface area contributed by atoms with Gasteiger partial charge in [0, 0.05) is 31.0 Å². The summed E-state index contributed by atoms with van der Waals surface area (Å²) in [5.41, 5.74) is 4.17. The number of methoxy groups -OCH3 is 1. The van der Waals surface area contributed by atoms with Crippen LogP contribution in [0.3, 0.4) is 0 Å². The Morgan fingerprint density at radius 3 is 2.53 bits per heavy atom. The van der Waals surface area contributed by atoms with Gasteiger partial charge in [-0.1, -0.05) is 51.1 Å². The minimum atomic E-state index is -1.41. The molecule has 1 aromatic heterocycles. The van der Waals surface area contributed by atoms with E-state index in [1.54, 1.807) is 33.2 Å². The second kappa shape index (κ2) is 16.7. The summed E-state index contributed by atoms with van der Waals surface area (Å²) in [6, 6.07) is 13.1. The van der Waals surface area contributed by atoms with E-state index in [1.165, 1.54) is 12.1 Å². The summed E-state index contributed by atoms with van der Waals surface area (Å²) < 4.78 is 50.6. The van der Waals surface area contributed by atoms with Gasteiger partial charge in [0.25, 0.3) is 0 Å². The molecule has 0 saturated carbocycles. The van der Waals surface area contributed by atoms with Gasteiger partial charge < -0.3 is 29.4 Å². The molecule has 2 amide bonds. The minimum Gasteiger partial charge on any atom is -0.468 e. The van der Waals surface area contributed by atoms with Crippen LogP contribution in [0.25, 0.3) is 11.1 Å². The molecule has 2 aliphatic heterocycles. The van der Waals surface area contributed by atoms with Crippen LogP contribution in [0.1, 0.15) is 38.3 Å². The Kier molecular flexibility index (Phi) is 12.3. The van der Waals surface area contributed by atoms with E-state index in [9.17, 15) is 28.3 Å². The van der Waals surface area contributed by atoms with E-state index in [0.717, 1.165) is 34.9 Å². The molecule has 3 aromatic rings. The lowest BCUT2D eigenvalue weighted by Crippen LogP contribution is -2.55. The van der Waals surface area contributed by atoms with Crippen LogP contribution in [0.4, 0.5) is 13.6 Å². The number of esters is 1. The molecule has 5 rings (SSSR count). The minimum absolute atomic E-state index is 0.0963. The van der Waals surface area contributed by atoms with Crippen molar-refractivity contribution in [3.05, 3.63) is 89.8 Å².